The standard InChI is InChI=1S/C19H17ClN2O4/c1-2-13-5-3-4-6-16(13)24-12-18(23)25-11-17-21-22-19(26-17)14-7-9-15(20)10-8-14/h3-10H,2,11-12H2,1H3. The van der Waals surface area contributed by atoms with Gasteiger partial charge in [-0.3, -0.25) is 0 Å². The number of aryl methyl sites for hydroxylation is 1. The first kappa shape index (κ1) is 17.9. The fourth-order valence-corrected chi connectivity index (χ4v) is 2.40. The van der Waals surface area contributed by atoms with Gasteiger partial charge in [0.25, 0.3) is 5.89 Å². The second kappa shape index (κ2) is 8.49. The molecule has 0 saturated heterocycles. The molecule has 1 heterocycles. The molecule has 0 aliphatic carbocycles. The number of ether oxygens (including phenoxy) is 2. The molecule has 0 unspecified atom stereocenters. The molecule has 0 saturated carbocycles. The zero-order chi connectivity index (χ0) is 18.4. The van der Waals surface area contributed by atoms with Gasteiger partial charge in [-0.05, 0) is 42.3 Å². The van der Waals surface area contributed by atoms with Gasteiger partial charge in [0.1, 0.15) is 5.75 Å². The van der Waals surface area contributed by atoms with Gasteiger partial charge in [0.15, 0.2) is 13.2 Å². The predicted octanol–water partition coefficient (Wildman–Crippen LogP) is 4.07. The van der Waals surface area contributed by atoms with Crippen molar-refractivity contribution in [1.29, 1.82) is 0 Å². The summed E-state index contributed by atoms with van der Waals surface area (Å²) >= 11 is 5.85. The first-order chi connectivity index (χ1) is 12.7. The molecule has 0 N–H and O–H groups in total. The van der Waals surface area contributed by atoms with Gasteiger partial charge >= 0.3 is 5.97 Å². The topological polar surface area (TPSA) is 74.5 Å². The maximum Gasteiger partial charge on any atom is 0.344 e. The zero-order valence-corrected chi connectivity index (χ0v) is 14.9. The molecular formula is C19H17ClN2O4. The van der Waals surface area contributed by atoms with E-state index >= 15 is 0 Å². The maximum atomic E-state index is 11.9. The number of carbonyl (C=O) groups is 1. The molecule has 0 atom stereocenters. The summed E-state index contributed by atoms with van der Waals surface area (Å²) in [5, 5.41) is 8.41. The van der Waals surface area contributed by atoms with Crippen molar-refractivity contribution in [3.63, 3.8) is 0 Å². The number of hydrogen-bond acceptors (Lipinski definition) is 6. The van der Waals surface area contributed by atoms with Gasteiger partial charge < -0.3 is 13.9 Å². The molecule has 134 valence electrons. The van der Waals surface area contributed by atoms with E-state index in [2.05, 4.69) is 10.2 Å². The van der Waals surface area contributed by atoms with Crippen LogP contribution in [0.4, 0.5) is 0 Å². The van der Waals surface area contributed by atoms with E-state index in [4.69, 9.17) is 25.5 Å². The number of para-hydroxylation sites is 1. The van der Waals surface area contributed by atoms with Crippen LogP contribution in [0, 0.1) is 0 Å². The summed E-state index contributed by atoms with van der Waals surface area (Å²) in [6.07, 6.45) is 0.820. The molecule has 0 spiro atoms. The van der Waals surface area contributed by atoms with Crippen LogP contribution in [0.2, 0.25) is 5.02 Å². The third-order valence-electron chi connectivity index (χ3n) is 3.61. The summed E-state index contributed by atoms with van der Waals surface area (Å²) in [6, 6.07) is 14.6. The third-order valence-corrected chi connectivity index (χ3v) is 3.87. The van der Waals surface area contributed by atoms with Gasteiger partial charge in [-0.2, -0.15) is 0 Å². The molecule has 2 aromatic carbocycles. The molecule has 0 bridgehead atoms. The second-order valence-electron chi connectivity index (χ2n) is 5.42. The van der Waals surface area contributed by atoms with Crippen LogP contribution in [0.15, 0.2) is 52.9 Å². The molecule has 26 heavy (non-hydrogen) atoms. The van der Waals surface area contributed by atoms with Crippen molar-refractivity contribution >= 4 is 17.6 Å². The van der Waals surface area contributed by atoms with Crippen molar-refractivity contribution in [2.24, 2.45) is 0 Å². The van der Waals surface area contributed by atoms with Gasteiger partial charge in [0.05, 0.1) is 0 Å². The largest absolute Gasteiger partial charge is 0.482 e. The van der Waals surface area contributed by atoms with Crippen LogP contribution in [-0.4, -0.2) is 22.8 Å². The Morgan fingerprint density at radius 3 is 2.65 bits per heavy atom. The van der Waals surface area contributed by atoms with Crippen molar-refractivity contribution in [2.75, 3.05) is 6.61 Å². The minimum Gasteiger partial charge on any atom is -0.482 e. The lowest BCUT2D eigenvalue weighted by Gasteiger charge is -2.09. The van der Waals surface area contributed by atoms with E-state index in [1.165, 1.54) is 0 Å². The lowest BCUT2D eigenvalue weighted by Crippen LogP contribution is -2.15. The van der Waals surface area contributed by atoms with Gasteiger partial charge in [0.2, 0.25) is 5.89 Å². The quantitative estimate of drug-likeness (QED) is 0.582. The minimum absolute atomic E-state index is 0.113. The Hall–Kier alpha value is -2.86. The SMILES string of the molecule is CCc1ccccc1OCC(=O)OCc1nnc(-c2ccc(Cl)cc2)o1. The molecule has 3 rings (SSSR count). The molecule has 0 radical (unpaired) electrons. The minimum atomic E-state index is -0.512. The molecule has 0 aliphatic heterocycles. The van der Waals surface area contributed by atoms with Crippen LogP contribution in [0.3, 0.4) is 0 Å². The Labute approximate surface area is 155 Å². The van der Waals surface area contributed by atoms with E-state index in [1.54, 1.807) is 24.3 Å². The third kappa shape index (κ3) is 4.61. The number of esters is 1. The molecule has 6 nitrogen and oxygen atoms in total. The van der Waals surface area contributed by atoms with Gasteiger partial charge in [-0.15, -0.1) is 10.2 Å². The van der Waals surface area contributed by atoms with Crippen LogP contribution in [0.25, 0.3) is 11.5 Å². The number of nitrogens with zero attached hydrogens (tertiary/aromatic N) is 2. The van der Waals surface area contributed by atoms with Crippen molar-refractivity contribution in [2.45, 2.75) is 20.0 Å². The zero-order valence-electron chi connectivity index (χ0n) is 14.1. The van der Waals surface area contributed by atoms with E-state index in [9.17, 15) is 4.79 Å². The second-order valence-corrected chi connectivity index (χ2v) is 5.85. The average Bonchev–Trinajstić information content (AvgIpc) is 3.14. The highest BCUT2D eigenvalue weighted by atomic mass is 35.5. The molecule has 0 amide bonds. The first-order valence-corrected chi connectivity index (χ1v) is 8.48. The summed E-state index contributed by atoms with van der Waals surface area (Å²) in [7, 11) is 0. The van der Waals surface area contributed by atoms with Gasteiger partial charge in [-0.1, -0.05) is 36.7 Å². The van der Waals surface area contributed by atoms with E-state index in [0.717, 1.165) is 17.5 Å². The summed E-state index contributed by atoms with van der Waals surface area (Å²) in [4.78, 5) is 11.9. The number of hydrogen-bond donors (Lipinski definition) is 0. The smallest absolute Gasteiger partial charge is 0.344 e. The highest BCUT2D eigenvalue weighted by Gasteiger charge is 2.12. The fraction of sp³-hybridized carbons (Fsp3) is 0.211. The summed E-state index contributed by atoms with van der Waals surface area (Å²) in [5.74, 6) is 0.704. The Kier molecular flexibility index (Phi) is 5.86. The fourth-order valence-electron chi connectivity index (χ4n) is 2.28. The van der Waals surface area contributed by atoms with Crippen LogP contribution < -0.4 is 4.74 Å². The number of aromatic nitrogens is 2. The number of carbonyl (C=O) groups excluding carboxylic acids is 1. The molecule has 3 aromatic rings. The van der Waals surface area contributed by atoms with E-state index in [1.807, 2.05) is 31.2 Å². The first-order valence-electron chi connectivity index (χ1n) is 8.10. The van der Waals surface area contributed by atoms with E-state index in [0.29, 0.717) is 16.7 Å². The molecular weight excluding hydrogens is 356 g/mol. The molecule has 0 fully saturated rings. The van der Waals surface area contributed by atoms with Crippen molar-refractivity contribution in [3.8, 4) is 17.2 Å². The molecule has 1 aromatic heterocycles. The Morgan fingerprint density at radius 1 is 1.12 bits per heavy atom. The van der Waals surface area contributed by atoms with Crippen molar-refractivity contribution < 1.29 is 18.7 Å². The Morgan fingerprint density at radius 2 is 1.88 bits per heavy atom. The Bertz CT molecular complexity index is 877. The van der Waals surface area contributed by atoms with Crippen LogP contribution in [0.5, 0.6) is 5.75 Å². The van der Waals surface area contributed by atoms with E-state index < -0.39 is 5.97 Å². The highest BCUT2D eigenvalue weighted by molar-refractivity contribution is 6.30. The maximum absolute atomic E-state index is 11.9. The van der Waals surface area contributed by atoms with Crippen LogP contribution in [0.1, 0.15) is 18.4 Å². The Balaban J connectivity index is 1.51. The van der Waals surface area contributed by atoms with Crippen molar-refractivity contribution in [1.82, 2.24) is 10.2 Å². The van der Waals surface area contributed by atoms with Gasteiger partial charge in [0, 0.05) is 10.6 Å². The normalized spacial score (nSPS) is 10.5. The van der Waals surface area contributed by atoms with Crippen LogP contribution in [-0.2, 0) is 22.6 Å². The average molecular weight is 373 g/mol. The number of rotatable bonds is 7. The van der Waals surface area contributed by atoms with Crippen LogP contribution >= 0.6 is 11.6 Å². The van der Waals surface area contributed by atoms with E-state index in [-0.39, 0.29) is 19.1 Å². The monoisotopic (exact) mass is 372 g/mol. The van der Waals surface area contributed by atoms with Crippen molar-refractivity contribution in [3.05, 3.63) is 65.0 Å². The molecule has 0 aliphatic rings. The van der Waals surface area contributed by atoms with Gasteiger partial charge in [-0.25, -0.2) is 4.79 Å². The highest BCUT2D eigenvalue weighted by Crippen LogP contribution is 2.21. The number of benzene rings is 2. The summed E-state index contributed by atoms with van der Waals surface area (Å²) in [6.45, 7) is 1.72. The number of halogens is 1. The predicted molar refractivity (Wildman–Crippen MR) is 95.9 cm³/mol. The summed E-state index contributed by atoms with van der Waals surface area (Å²) in [5.41, 5.74) is 1.77. The summed E-state index contributed by atoms with van der Waals surface area (Å²) < 4.78 is 16.1. The molecule has 7 heteroatoms. The lowest BCUT2D eigenvalue weighted by atomic mass is 10.1. The lowest BCUT2D eigenvalue weighted by molar-refractivity contribution is -0.148.